The Balaban J connectivity index is 2.69. The molecule has 5 heteroatoms. The molecule has 0 saturated heterocycles. The van der Waals surface area contributed by atoms with E-state index in [2.05, 4.69) is 0 Å². The standard InChI is InChI=1S/C12H19NO4/c1-8-4-3-5-9(10(8)11(13)14)12(15)17-7-6-16-2/h5,8,10H,3-4,6-7H2,1-2H3,(H2,13,14). The molecule has 2 unspecified atom stereocenters. The summed E-state index contributed by atoms with van der Waals surface area (Å²) < 4.78 is 9.80. The Bertz CT molecular complexity index is 324. The van der Waals surface area contributed by atoms with Gasteiger partial charge in [0.25, 0.3) is 0 Å². The van der Waals surface area contributed by atoms with E-state index in [4.69, 9.17) is 15.2 Å². The molecule has 0 heterocycles. The third-order valence-corrected chi connectivity index (χ3v) is 2.95. The number of ether oxygens (including phenoxy) is 2. The van der Waals surface area contributed by atoms with Crippen LogP contribution in [0.3, 0.4) is 0 Å². The Labute approximate surface area is 101 Å². The Morgan fingerprint density at radius 2 is 2.18 bits per heavy atom. The number of carbonyl (C=O) groups is 2. The van der Waals surface area contributed by atoms with E-state index in [0.717, 1.165) is 12.8 Å². The minimum atomic E-state index is -0.529. The van der Waals surface area contributed by atoms with Crippen LogP contribution >= 0.6 is 0 Å². The number of carbonyl (C=O) groups excluding carboxylic acids is 2. The molecule has 2 N–H and O–H groups in total. The van der Waals surface area contributed by atoms with Gasteiger partial charge in [0.15, 0.2) is 0 Å². The highest BCUT2D eigenvalue weighted by Crippen LogP contribution is 2.30. The second-order valence-corrected chi connectivity index (χ2v) is 4.22. The number of amides is 1. The maximum absolute atomic E-state index is 11.8. The molecule has 2 atom stereocenters. The molecule has 0 aliphatic heterocycles. The van der Waals surface area contributed by atoms with E-state index in [1.165, 1.54) is 7.11 Å². The molecule has 0 aromatic carbocycles. The Kier molecular flexibility index (Phi) is 5.15. The van der Waals surface area contributed by atoms with E-state index in [-0.39, 0.29) is 12.5 Å². The highest BCUT2D eigenvalue weighted by molar-refractivity contribution is 5.97. The first-order valence-electron chi connectivity index (χ1n) is 5.73. The molecule has 17 heavy (non-hydrogen) atoms. The summed E-state index contributed by atoms with van der Waals surface area (Å²) in [7, 11) is 1.53. The monoisotopic (exact) mass is 241 g/mol. The fourth-order valence-corrected chi connectivity index (χ4v) is 2.05. The molecule has 1 aliphatic carbocycles. The first kappa shape index (κ1) is 13.7. The summed E-state index contributed by atoms with van der Waals surface area (Å²) in [6, 6.07) is 0. The summed E-state index contributed by atoms with van der Waals surface area (Å²) in [5.74, 6) is -1.37. The maximum Gasteiger partial charge on any atom is 0.334 e. The second kappa shape index (κ2) is 6.39. The summed E-state index contributed by atoms with van der Waals surface area (Å²) in [5, 5.41) is 0. The quantitative estimate of drug-likeness (QED) is 0.565. The summed E-state index contributed by atoms with van der Waals surface area (Å²) >= 11 is 0. The van der Waals surface area contributed by atoms with Crippen molar-refractivity contribution in [1.29, 1.82) is 0 Å². The van der Waals surface area contributed by atoms with Crippen molar-refractivity contribution in [3.63, 3.8) is 0 Å². The molecular weight excluding hydrogens is 222 g/mol. The lowest BCUT2D eigenvalue weighted by Crippen LogP contribution is -2.35. The van der Waals surface area contributed by atoms with Gasteiger partial charge in [-0.25, -0.2) is 4.79 Å². The average molecular weight is 241 g/mol. The van der Waals surface area contributed by atoms with Crippen molar-refractivity contribution in [3.05, 3.63) is 11.6 Å². The molecule has 0 spiro atoms. The number of hydrogen-bond acceptors (Lipinski definition) is 4. The lowest BCUT2D eigenvalue weighted by molar-refractivity contribution is -0.142. The van der Waals surface area contributed by atoms with Crippen LogP contribution in [0.4, 0.5) is 0 Å². The van der Waals surface area contributed by atoms with Crippen LogP contribution in [0.2, 0.25) is 0 Å². The van der Waals surface area contributed by atoms with Gasteiger partial charge in [0.1, 0.15) is 6.61 Å². The summed E-state index contributed by atoms with van der Waals surface area (Å²) in [6.45, 7) is 2.45. The predicted octanol–water partition coefficient (Wildman–Crippen LogP) is 0.634. The minimum Gasteiger partial charge on any atom is -0.460 e. The molecule has 1 aliphatic rings. The number of hydrogen-bond donors (Lipinski definition) is 1. The number of nitrogens with two attached hydrogens (primary N) is 1. The minimum absolute atomic E-state index is 0.0856. The highest BCUT2D eigenvalue weighted by Gasteiger charge is 2.33. The van der Waals surface area contributed by atoms with Gasteiger partial charge in [-0.1, -0.05) is 13.0 Å². The van der Waals surface area contributed by atoms with E-state index in [0.29, 0.717) is 12.2 Å². The van der Waals surface area contributed by atoms with Gasteiger partial charge in [0, 0.05) is 12.7 Å². The van der Waals surface area contributed by atoms with Crippen LogP contribution < -0.4 is 5.73 Å². The second-order valence-electron chi connectivity index (χ2n) is 4.22. The normalized spacial score (nSPS) is 24.0. The first-order valence-corrected chi connectivity index (χ1v) is 5.73. The summed E-state index contributed by atoms with van der Waals surface area (Å²) in [4.78, 5) is 23.1. The topological polar surface area (TPSA) is 78.6 Å². The largest absolute Gasteiger partial charge is 0.460 e. The third-order valence-electron chi connectivity index (χ3n) is 2.95. The van der Waals surface area contributed by atoms with Gasteiger partial charge >= 0.3 is 5.97 Å². The van der Waals surface area contributed by atoms with Crippen LogP contribution in [-0.2, 0) is 19.1 Å². The van der Waals surface area contributed by atoms with Crippen molar-refractivity contribution in [2.45, 2.75) is 19.8 Å². The summed E-state index contributed by atoms with van der Waals surface area (Å²) in [6.07, 6.45) is 3.40. The van der Waals surface area contributed by atoms with Crippen LogP contribution in [-0.4, -0.2) is 32.2 Å². The fraction of sp³-hybridized carbons (Fsp3) is 0.667. The smallest absolute Gasteiger partial charge is 0.334 e. The van der Waals surface area contributed by atoms with E-state index < -0.39 is 17.8 Å². The maximum atomic E-state index is 11.8. The number of allylic oxidation sites excluding steroid dienone is 1. The Morgan fingerprint density at radius 3 is 2.76 bits per heavy atom. The van der Waals surface area contributed by atoms with Gasteiger partial charge < -0.3 is 15.2 Å². The SMILES string of the molecule is COCCOC(=O)C1=CCCC(C)C1C(N)=O. The molecular formula is C12H19NO4. The molecule has 0 radical (unpaired) electrons. The van der Waals surface area contributed by atoms with Crippen molar-refractivity contribution < 1.29 is 19.1 Å². The molecule has 1 amide bonds. The van der Waals surface area contributed by atoms with Gasteiger partial charge in [-0.05, 0) is 18.8 Å². The Hall–Kier alpha value is -1.36. The number of methoxy groups -OCH3 is 1. The van der Waals surface area contributed by atoms with E-state index in [9.17, 15) is 9.59 Å². The van der Waals surface area contributed by atoms with Crippen LogP contribution in [0, 0.1) is 11.8 Å². The molecule has 0 fully saturated rings. The lowest BCUT2D eigenvalue weighted by atomic mass is 9.79. The predicted molar refractivity (Wildman–Crippen MR) is 62.0 cm³/mol. The van der Waals surface area contributed by atoms with Crippen molar-refractivity contribution in [2.24, 2.45) is 17.6 Å². The molecule has 0 aromatic heterocycles. The summed E-state index contributed by atoms with van der Waals surface area (Å²) in [5.41, 5.74) is 5.72. The van der Waals surface area contributed by atoms with E-state index >= 15 is 0 Å². The zero-order valence-electron chi connectivity index (χ0n) is 10.3. The Morgan fingerprint density at radius 1 is 1.47 bits per heavy atom. The van der Waals surface area contributed by atoms with Gasteiger partial charge in [0.05, 0.1) is 12.5 Å². The van der Waals surface area contributed by atoms with Gasteiger partial charge in [0.2, 0.25) is 5.91 Å². The van der Waals surface area contributed by atoms with Crippen molar-refractivity contribution in [1.82, 2.24) is 0 Å². The van der Waals surface area contributed by atoms with E-state index in [1.54, 1.807) is 6.08 Å². The molecule has 0 aromatic rings. The number of rotatable bonds is 5. The van der Waals surface area contributed by atoms with Crippen LogP contribution in [0.15, 0.2) is 11.6 Å². The zero-order valence-corrected chi connectivity index (χ0v) is 10.3. The molecule has 96 valence electrons. The number of primary amides is 1. The molecule has 1 rings (SSSR count). The van der Waals surface area contributed by atoms with Crippen LogP contribution in [0.5, 0.6) is 0 Å². The molecule has 0 saturated carbocycles. The molecule has 5 nitrogen and oxygen atoms in total. The van der Waals surface area contributed by atoms with Gasteiger partial charge in [-0.2, -0.15) is 0 Å². The average Bonchev–Trinajstić information content (AvgIpc) is 2.28. The van der Waals surface area contributed by atoms with Crippen LogP contribution in [0.25, 0.3) is 0 Å². The van der Waals surface area contributed by atoms with Gasteiger partial charge in [-0.3, -0.25) is 4.79 Å². The van der Waals surface area contributed by atoms with E-state index in [1.807, 2.05) is 6.92 Å². The number of esters is 1. The molecule has 0 bridgehead atoms. The van der Waals surface area contributed by atoms with Gasteiger partial charge in [-0.15, -0.1) is 0 Å². The lowest BCUT2D eigenvalue weighted by Gasteiger charge is -2.26. The van der Waals surface area contributed by atoms with Crippen molar-refractivity contribution in [3.8, 4) is 0 Å². The third kappa shape index (κ3) is 3.56. The zero-order chi connectivity index (χ0) is 12.8. The fourth-order valence-electron chi connectivity index (χ4n) is 2.05. The van der Waals surface area contributed by atoms with Crippen molar-refractivity contribution >= 4 is 11.9 Å². The highest BCUT2D eigenvalue weighted by atomic mass is 16.6. The first-order chi connectivity index (χ1) is 8.07. The van der Waals surface area contributed by atoms with Crippen molar-refractivity contribution in [2.75, 3.05) is 20.3 Å². The van der Waals surface area contributed by atoms with Crippen LogP contribution in [0.1, 0.15) is 19.8 Å².